The molecule has 1 saturated heterocycles. The van der Waals surface area contributed by atoms with Gasteiger partial charge in [-0.3, -0.25) is 25.1 Å². The Morgan fingerprint density at radius 1 is 1.14 bits per heavy atom. The number of carbonyl (C=O) groups excluding carboxylic acids is 2. The summed E-state index contributed by atoms with van der Waals surface area (Å²) in [5, 5.41) is 4.46. The first-order valence-electron chi connectivity index (χ1n) is 9.93. The number of nitrogens with one attached hydrogen (secondary N) is 4. The van der Waals surface area contributed by atoms with Gasteiger partial charge in [-0.25, -0.2) is 10.9 Å². The Morgan fingerprint density at radius 3 is 2.41 bits per heavy atom. The van der Waals surface area contributed by atoms with Crippen LogP contribution >= 0.6 is 0 Å². The Labute approximate surface area is 171 Å². The Hall–Kier alpha value is -2.71. The van der Waals surface area contributed by atoms with E-state index in [1.165, 1.54) is 0 Å². The Kier molecular flexibility index (Phi) is 6.04. The SMILES string of the molecule is CC(C)c1cc(C(=O)NNC(=O)C2CC(c3ccccc3)NN2)nn1C(C)(C)C. The van der Waals surface area contributed by atoms with Crippen molar-refractivity contribution in [1.82, 2.24) is 31.5 Å². The maximum atomic E-state index is 12.5. The van der Waals surface area contributed by atoms with Crippen LogP contribution in [0.25, 0.3) is 0 Å². The molecule has 1 aliphatic heterocycles. The van der Waals surface area contributed by atoms with Crippen molar-refractivity contribution in [2.24, 2.45) is 0 Å². The molecule has 1 fully saturated rings. The lowest BCUT2D eigenvalue weighted by atomic mass is 10.0. The molecule has 2 atom stereocenters. The lowest BCUT2D eigenvalue weighted by molar-refractivity contribution is -0.123. The second-order valence-electron chi connectivity index (χ2n) is 8.68. The lowest BCUT2D eigenvalue weighted by Gasteiger charge is -2.23. The maximum absolute atomic E-state index is 12.5. The van der Waals surface area contributed by atoms with Gasteiger partial charge in [0.15, 0.2) is 5.69 Å². The highest BCUT2D eigenvalue weighted by Gasteiger charge is 2.30. The second kappa shape index (κ2) is 8.34. The van der Waals surface area contributed by atoms with Crippen molar-refractivity contribution in [3.05, 3.63) is 53.3 Å². The van der Waals surface area contributed by atoms with Crippen LogP contribution in [0, 0.1) is 0 Å². The average Bonchev–Trinajstić information content (AvgIpc) is 3.34. The van der Waals surface area contributed by atoms with Crippen LogP contribution in [-0.4, -0.2) is 27.6 Å². The van der Waals surface area contributed by atoms with Gasteiger partial charge >= 0.3 is 0 Å². The fourth-order valence-corrected chi connectivity index (χ4v) is 3.36. The summed E-state index contributed by atoms with van der Waals surface area (Å²) < 4.78 is 1.86. The molecule has 0 radical (unpaired) electrons. The minimum Gasteiger partial charge on any atom is -0.271 e. The van der Waals surface area contributed by atoms with Crippen molar-refractivity contribution in [3.8, 4) is 0 Å². The highest BCUT2D eigenvalue weighted by atomic mass is 16.2. The van der Waals surface area contributed by atoms with Crippen LogP contribution in [0.1, 0.15) is 74.7 Å². The van der Waals surface area contributed by atoms with E-state index in [4.69, 9.17) is 0 Å². The quantitative estimate of drug-likeness (QED) is 0.591. The molecule has 2 unspecified atom stereocenters. The van der Waals surface area contributed by atoms with Gasteiger partial charge in [0, 0.05) is 11.7 Å². The van der Waals surface area contributed by atoms with Gasteiger partial charge in [-0.1, -0.05) is 44.2 Å². The summed E-state index contributed by atoms with van der Waals surface area (Å²) in [6, 6.07) is 11.3. The van der Waals surface area contributed by atoms with E-state index < -0.39 is 11.9 Å². The first-order valence-corrected chi connectivity index (χ1v) is 9.93. The van der Waals surface area contributed by atoms with Gasteiger partial charge in [0.1, 0.15) is 6.04 Å². The molecule has 1 aromatic heterocycles. The minimum absolute atomic E-state index is 0.0405. The van der Waals surface area contributed by atoms with E-state index in [2.05, 4.69) is 40.6 Å². The van der Waals surface area contributed by atoms with Gasteiger partial charge < -0.3 is 0 Å². The van der Waals surface area contributed by atoms with Gasteiger partial charge in [-0.15, -0.1) is 0 Å². The summed E-state index contributed by atoms with van der Waals surface area (Å²) in [7, 11) is 0. The van der Waals surface area contributed by atoms with Crippen molar-refractivity contribution in [2.75, 3.05) is 0 Å². The zero-order valence-electron chi connectivity index (χ0n) is 17.6. The third-order valence-corrected chi connectivity index (χ3v) is 4.92. The van der Waals surface area contributed by atoms with Gasteiger partial charge in [-0.2, -0.15) is 5.10 Å². The molecule has 29 heavy (non-hydrogen) atoms. The van der Waals surface area contributed by atoms with E-state index in [0.29, 0.717) is 6.42 Å². The number of aromatic nitrogens is 2. The Bertz CT molecular complexity index is 869. The Balaban J connectivity index is 1.59. The number of nitrogens with zero attached hydrogens (tertiary/aromatic N) is 2. The van der Waals surface area contributed by atoms with E-state index in [1.807, 2.05) is 55.8 Å². The fourth-order valence-electron chi connectivity index (χ4n) is 3.36. The standard InChI is InChI=1S/C21H30N6O2/c1-13(2)18-12-17(26-27(18)21(3,4)5)20(29)25-24-19(28)16-11-15(22-23-16)14-9-7-6-8-10-14/h6-10,12-13,15-16,22-23H,11H2,1-5H3,(H,24,28)(H,25,29). The molecule has 0 aliphatic carbocycles. The van der Waals surface area contributed by atoms with Crippen LogP contribution in [0.15, 0.2) is 36.4 Å². The molecular formula is C21H30N6O2. The number of carbonyl (C=O) groups is 2. The maximum Gasteiger partial charge on any atom is 0.290 e. The lowest BCUT2D eigenvalue weighted by Crippen LogP contribution is -2.50. The van der Waals surface area contributed by atoms with E-state index in [0.717, 1.165) is 11.3 Å². The number of benzene rings is 1. The molecule has 0 bridgehead atoms. The van der Waals surface area contributed by atoms with Crippen LogP contribution in [0.4, 0.5) is 0 Å². The van der Waals surface area contributed by atoms with Gasteiger partial charge in [0.25, 0.3) is 11.8 Å². The number of hydrogen-bond acceptors (Lipinski definition) is 5. The Morgan fingerprint density at radius 2 is 1.83 bits per heavy atom. The predicted molar refractivity (Wildman–Crippen MR) is 111 cm³/mol. The summed E-state index contributed by atoms with van der Waals surface area (Å²) in [5.41, 5.74) is 13.2. The smallest absolute Gasteiger partial charge is 0.271 e. The molecule has 2 heterocycles. The zero-order chi connectivity index (χ0) is 21.2. The molecular weight excluding hydrogens is 368 g/mol. The third-order valence-electron chi connectivity index (χ3n) is 4.92. The van der Waals surface area contributed by atoms with E-state index >= 15 is 0 Å². The monoisotopic (exact) mass is 398 g/mol. The van der Waals surface area contributed by atoms with E-state index in [9.17, 15) is 9.59 Å². The van der Waals surface area contributed by atoms with E-state index in [-0.39, 0.29) is 29.1 Å². The summed E-state index contributed by atoms with van der Waals surface area (Å²) in [5.74, 6) is -0.515. The van der Waals surface area contributed by atoms with Crippen LogP contribution in [-0.2, 0) is 10.3 Å². The van der Waals surface area contributed by atoms with Crippen LogP contribution in [0.2, 0.25) is 0 Å². The molecule has 2 amide bonds. The van der Waals surface area contributed by atoms with Gasteiger partial charge in [0.2, 0.25) is 0 Å². The van der Waals surface area contributed by atoms with Crippen molar-refractivity contribution in [3.63, 3.8) is 0 Å². The highest BCUT2D eigenvalue weighted by molar-refractivity contribution is 5.94. The largest absolute Gasteiger partial charge is 0.290 e. The second-order valence-corrected chi connectivity index (χ2v) is 8.68. The molecule has 0 spiro atoms. The van der Waals surface area contributed by atoms with Crippen molar-refractivity contribution in [1.29, 1.82) is 0 Å². The van der Waals surface area contributed by atoms with Crippen LogP contribution in [0.5, 0.6) is 0 Å². The predicted octanol–water partition coefficient (Wildman–Crippen LogP) is 2.13. The average molecular weight is 399 g/mol. The number of hydrazine groups is 2. The molecule has 3 rings (SSSR count). The van der Waals surface area contributed by atoms with Gasteiger partial charge in [0.05, 0.1) is 5.54 Å². The number of hydrogen-bond donors (Lipinski definition) is 4. The summed E-state index contributed by atoms with van der Waals surface area (Å²) in [6.07, 6.45) is 0.585. The molecule has 156 valence electrons. The number of rotatable bonds is 4. The molecule has 8 nitrogen and oxygen atoms in total. The zero-order valence-corrected chi connectivity index (χ0v) is 17.6. The van der Waals surface area contributed by atoms with Crippen LogP contribution < -0.4 is 21.7 Å². The first kappa shape index (κ1) is 21.0. The topological polar surface area (TPSA) is 100 Å². The first-order chi connectivity index (χ1) is 13.7. The van der Waals surface area contributed by atoms with Crippen molar-refractivity contribution >= 4 is 11.8 Å². The van der Waals surface area contributed by atoms with E-state index in [1.54, 1.807) is 6.07 Å². The molecule has 4 N–H and O–H groups in total. The summed E-state index contributed by atoms with van der Waals surface area (Å²) in [4.78, 5) is 25.0. The molecule has 1 aliphatic rings. The van der Waals surface area contributed by atoms with Crippen molar-refractivity contribution in [2.45, 2.75) is 64.6 Å². The summed E-state index contributed by atoms with van der Waals surface area (Å²) in [6.45, 7) is 10.2. The fraction of sp³-hybridized carbons (Fsp3) is 0.476. The number of amides is 2. The summed E-state index contributed by atoms with van der Waals surface area (Å²) >= 11 is 0. The molecule has 8 heteroatoms. The highest BCUT2D eigenvalue weighted by Crippen LogP contribution is 2.24. The molecule has 1 aromatic carbocycles. The normalized spacial score (nSPS) is 19.4. The molecule has 2 aromatic rings. The van der Waals surface area contributed by atoms with Gasteiger partial charge in [-0.05, 0) is 44.7 Å². The minimum atomic E-state index is -0.445. The third kappa shape index (κ3) is 4.83. The molecule has 0 saturated carbocycles. The van der Waals surface area contributed by atoms with Crippen LogP contribution in [0.3, 0.4) is 0 Å². The van der Waals surface area contributed by atoms with Crippen molar-refractivity contribution < 1.29 is 9.59 Å².